The van der Waals surface area contributed by atoms with Crippen LogP contribution in [0.15, 0.2) is 23.1 Å². The molecule has 1 amide bonds. The van der Waals surface area contributed by atoms with Gasteiger partial charge in [-0.15, -0.1) is 0 Å². The first-order valence-corrected chi connectivity index (χ1v) is 12.2. The van der Waals surface area contributed by atoms with Gasteiger partial charge in [0.2, 0.25) is 10.0 Å². The van der Waals surface area contributed by atoms with Gasteiger partial charge in [-0.1, -0.05) is 12.8 Å². The highest BCUT2D eigenvalue weighted by Crippen LogP contribution is 2.25. The molecule has 8 heteroatoms. The van der Waals surface area contributed by atoms with Gasteiger partial charge >= 0.3 is 0 Å². The fraction of sp³-hybridized carbons (Fsp3) is 0.667. The van der Waals surface area contributed by atoms with E-state index in [2.05, 4.69) is 9.62 Å². The maximum Gasteiger partial charge on any atom is 0.257 e. The number of ether oxygens (including phenoxy) is 1. The lowest BCUT2D eigenvalue weighted by Crippen LogP contribution is -2.31. The molecule has 0 atom stereocenters. The number of likely N-dealkylation sites (tertiary alicyclic amines) is 2. The van der Waals surface area contributed by atoms with Crippen molar-refractivity contribution in [1.29, 1.82) is 0 Å². The first-order chi connectivity index (χ1) is 14.0. The van der Waals surface area contributed by atoms with Crippen LogP contribution in [0, 0.1) is 0 Å². The zero-order chi connectivity index (χ0) is 20.7. The summed E-state index contributed by atoms with van der Waals surface area (Å²) in [6, 6.07) is 4.50. The number of methoxy groups -OCH3 is 1. The summed E-state index contributed by atoms with van der Waals surface area (Å²) in [6.45, 7) is 4.91. The number of carbonyl (C=O) groups excluding carboxylic acids is 1. The summed E-state index contributed by atoms with van der Waals surface area (Å²) in [5.41, 5.74) is 0.307. The molecule has 2 aliphatic heterocycles. The topological polar surface area (TPSA) is 79.0 Å². The van der Waals surface area contributed by atoms with Crippen LogP contribution in [0.3, 0.4) is 0 Å². The van der Waals surface area contributed by atoms with Crippen LogP contribution < -0.4 is 9.46 Å². The largest absolute Gasteiger partial charge is 0.496 e. The maximum absolute atomic E-state index is 12.8. The molecule has 2 fully saturated rings. The van der Waals surface area contributed by atoms with Crippen molar-refractivity contribution in [1.82, 2.24) is 14.5 Å². The molecule has 162 valence electrons. The van der Waals surface area contributed by atoms with Gasteiger partial charge in [0.25, 0.3) is 5.91 Å². The van der Waals surface area contributed by atoms with Crippen LogP contribution >= 0.6 is 0 Å². The molecule has 0 saturated carbocycles. The molecule has 7 nitrogen and oxygen atoms in total. The monoisotopic (exact) mass is 423 g/mol. The normalized spacial score (nSPS) is 18.6. The zero-order valence-corrected chi connectivity index (χ0v) is 18.2. The van der Waals surface area contributed by atoms with Crippen LogP contribution in [0.25, 0.3) is 0 Å². The second-order valence-corrected chi connectivity index (χ2v) is 9.64. The Balaban J connectivity index is 1.61. The van der Waals surface area contributed by atoms with Gasteiger partial charge in [-0.3, -0.25) is 4.79 Å². The minimum atomic E-state index is -3.67. The highest BCUT2D eigenvalue weighted by molar-refractivity contribution is 7.89. The lowest BCUT2D eigenvalue weighted by atomic mass is 10.1. The molecule has 3 rings (SSSR count). The molecule has 0 radical (unpaired) electrons. The molecular weight excluding hydrogens is 390 g/mol. The molecule has 2 aliphatic rings. The summed E-state index contributed by atoms with van der Waals surface area (Å²) in [4.78, 5) is 17.1. The van der Waals surface area contributed by atoms with E-state index in [9.17, 15) is 13.2 Å². The van der Waals surface area contributed by atoms with E-state index in [1.807, 2.05) is 0 Å². The Morgan fingerprint density at radius 1 is 1.03 bits per heavy atom. The number of nitrogens with one attached hydrogen (secondary N) is 1. The van der Waals surface area contributed by atoms with Crippen molar-refractivity contribution < 1.29 is 17.9 Å². The van der Waals surface area contributed by atoms with E-state index >= 15 is 0 Å². The van der Waals surface area contributed by atoms with E-state index in [-0.39, 0.29) is 10.8 Å². The molecule has 0 aromatic heterocycles. The molecule has 1 aromatic rings. The number of amides is 1. The predicted octanol–water partition coefficient (Wildman–Crippen LogP) is 2.48. The fourth-order valence-corrected chi connectivity index (χ4v) is 5.16. The Bertz CT molecular complexity index is 783. The lowest BCUT2D eigenvalue weighted by Gasteiger charge is -2.20. The van der Waals surface area contributed by atoms with E-state index in [1.165, 1.54) is 44.9 Å². The Morgan fingerprint density at radius 3 is 2.34 bits per heavy atom. The summed E-state index contributed by atoms with van der Waals surface area (Å²) in [5.74, 6) is 0.236. The molecule has 0 bridgehead atoms. The van der Waals surface area contributed by atoms with Gasteiger partial charge in [0.1, 0.15) is 5.75 Å². The molecule has 2 saturated heterocycles. The zero-order valence-electron chi connectivity index (χ0n) is 17.4. The van der Waals surface area contributed by atoms with E-state index < -0.39 is 10.0 Å². The van der Waals surface area contributed by atoms with Gasteiger partial charge in [-0.2, -0.15) is 0 Å². The fourth-order valence-electron chi connectivity index (χ4n) is 4.06. The van der Waals surface area contributed by atoms with E-state index in [0.717, 1.165) is 38.9 Å². The van der Waals surface area contributed by atoms with Crippen molar-refractivity contribution >= 4 is 15.9 Å². The van der Waals surface area contributed by atoms with Gasteiger partial charge < -0.3 is 14.5 Å². The third-order valence-electron chi connectivity index (χ3n) is 5.75. The first-order valence-electron chi connectivity index (χ1n) is 10.7. The van der Waals surface area contributed by atoms with E-state index in [4.69, 9.17) is 4.74 Å². The van der Waals surface area contributed by atoms with Crippen molar-refractivity contribution in [2.45, 2.75) is 49.8 Å². The summed E-state index contributed by atoms with van der Waals surface area (Å²) in [5, 5.41) is 0. The number of benzene rings is 1. The Kier molecular flexibility index (Phi) is 7.91. The number of rotatable bonds is 8. The van der Waals surface area contributed by atoms with Crippen molar-refractivity contribution in [2.24, 2.45) is 0 Å². The number of hydrogen-bond acceptors (Lipinski definition) is 5. The quantitative estimate of drug-likeness (QED) is 0.650. The molecule has 1 N–H and O–H groups in total. The van der Waals surface area contributed by atoms with Crippen LogP contribution in [0.4, 0.5) is 0 Å². The minimum Gasteiger partial charge on any atom is -0.496 e. The molecule has 29 heavy (non-hydrogen) atoms. The van der Waals surface area contributed by atoms with Crippen LogP contribution in [0.2, 0.25) is 0 Å². The summed E-state index contributed by atoms with van der Waals surface area (Å²) < 4.78 is 33.5. The number of sulfonamides is 1. The molecule has 2 heterocycles. The standard InChI is InChI=1S/C21H33N3O4S/c1-28-20-10-9-18(17-19(20)21(25)24-15-6-7-16-24)29(26,27)22-11-8-14-23-12-4-2-3-5-13-23/h9-10,17,22H,2-8,11-16H2,1H3. The van der Waals surface area contributed by atoms with Gasteiger partial charge in [0.15, 0.2) is 0 Å². The van der Waals surface area contributed by atoms with Crippen molar-refractivity contribution in [3.63, 3.8) is 0 Å². The number of hydrogen-bond donors (Lipinski definition) is 1. The minimum absolute atomic E-state index is 0.107. The summed E-state index contributed by atoms with van der Waals surface area (Å²) in [7, 11) is -2.18. The molecule has 1 aromatic carbocycles. The molecule has 0 unspecified atom stereocenters. The first kappa shape index (κ1) is 22.1. The Morgan fingerprint density at radius 2 is 1.69 bits per heavy atom. The molecular formula is C21H33N3O4S. The Labute approximate surface area is 174 Å². The van der Waals surface area contributed by atoms with E-state index in [0.29, 0.717) is 30.9 Å². The number of nitrogens with zero attached hydrogens (tertiary/aromatic N) is 2. The van der Waals surface area contributed by atoms with Crippen molar-refractivity contribution in [3.8, 4) is 5.75 Å². The van der Waals surface area contributed by atoms with Crippen LogP contribution in [0.5, 0.6) is 5.75 Å². The SMILES string of the molecule is COc1ccc(S(=O)(=O)NCCCN2CCCCCC2)cc1C(=O)N1CCCC1. The third-order valence-corrected chi connectivity index (χ3v) is 7.21. The van der Waals surface area contributed by atoms with Gasteiger partial charge in [0, 0.05) is 19.6 Å². The van der Waals surface area contributed by atoms with Gasteiger partial charge in [-0.05, 0) is 69.9 Å². The Hall–Kier alpha value is -1.64. The van der Waals surface area contributed by atoms with Crippen LogP contribution in [-0.4, -0.2) is 70.5 Å². The molecule has 0 spiro atoms. The third kappa shape index (κ3) is 5.93. The van der Waals surface area contributed by atoms with Crippen molar-refractivity contribution in [2.75, 3.05) is 46.4 Å². The summed E-state index contributed by atoms with van der Waals surface area (Å²) >= 11 is 0. The van der Waals surface area contributed by atoms with Crippen molar-refractivity contribution in [3.05, 3.63) is 23.8 Å². The highest BCUT2D eigenvalue weighted by Gasteiger charge is 2.25. The lowest BCUT2D eigenvalue weighted by molar-refractivity contribution is 0.0789. The second kappa shape index (κ2) is 10.4. The maximum atomic E-state index is 12.8. The predicted molar refractivity (Wildman–Crippen MR) is 113 cm³/mol. The smallest absolute Gasteiger partial charge is 0.257 e. The van der Waals surface area contributed by atoms with Crippen LogP contribution in [-0.2, 0) is 10.0 Å². The molecule has 0 aliphatic carbocycles. The van der Waals surface area contributed by atoms with Crippen LogP contribution in [0.1, 0.15) is 55.3 Å². The average Bonchev–Trinajstić information content (AvgIpc) is 3.14. The van der Waals surface area contributed by atoms with Gasteiger partial charge in [-0.25, -0.2) is 13.1 Å². The van der Waals surface area contributed by atoms with Gasteiger partial charge in [0.05, 0.1) is 17.6 Å². The highest BCUT2D eigenvalue weighted by atomic mass is 32.2. The average molecular weight is 424 g/mol. The summed E-state index contributed by atoms with van der Waals surface area (Å²) in [6.07, 6.45) is 7.76. The van der Waals surface area contributed by atoms with E-state index in [1.54, 1.807) is 11.0 Å². The second-order valence-electron chi connectivity index (χ2n) is 7.87. The number of carbonyl (C=O) groups is 1.